The van der Waals surface area contributed by atoms with E-state index in [0.717, 1.165) is 38.8 Å². The number of aromatic nitrogens is 7. The van der Waals surface area contributed by atoms with Gasteiger partial charge in [-0.3, -0.25) is 19.9 Å². The fourth-order valence-electron chi connectivity index (χ4n) is 3.82. The van der Waals surface area contributed by atoms with Gasteiger partial charge in [-0.05, 0) is 24.3 Å². The maximum absolute atomic E-state index is 11.8. The van der Waals surface area contributed by atoms with Gasteiger partial charge in [-0.15, -0.1) is 0 Å². The minimum absolute atomic E-state index is 0.0705. The van der Waals surface area contributed by atoms with Gasteiger partial charge in [-0.2, -0.15) is 5.10 Å². The van der Waals surface area contributed by atoms with Crippen molar-refractivity contribution < 1.29 is 9.21 Å². The first kappa shape index (κ1) is 19.8. The molecule has 0 spiro atoms. The number of H-pyrrole nitrogens is 2. The highest BCUT2D eigenvalue weighted by atomic mass is 16.3. The Bertz CT molecular complexity index is 1650. The average molecular weight is 450 g/mol. The summed E-state index contributed by atoms with van der Waals surface area (Å²) in [6.07, 6.45) is 10.5. The van der Waals surface area contributed by atoms with Crippen LogP contribution in [0, 0.1) is 0 Å². The van der Waals surface area contributed by atoms with Gasteiger partial charge in [0.15, 0.2) is 11.5 Å². The summed E-state index contributed by atoms with van der Waals surface area (Å²) in [6, 6.07) is 7.57. The van der Waals surface area contributed by atoms with Crippen molar-refractivity contribution in [3.05, 3.63) is 61.6 Å². The number of fused-ring (bicyclic) bond motifs is 2. The molecule has 3 N–H and O–H groups in total. The molecule has 6 rings (SSSR count). The molecule has 10 nitrogen and oxygen atoms in total. The molecule has 0 unspecified atom stereocenters. The number of imidazole rings is 1. The zero-order valence-corrected chi connectivity index (χ0v) is 18.0. The predicted octanol–water partition coefficient (Wildman–Crippen LogP) is 4.57. The molecule has 0 radical (unpaired) electrons. The smallest absolute Gasteiger partial charge is 0.224 e. The Balaban J connectivity index is 1.43. The number of rotatable bonds is 5. The molecule has 0 bridgehead atoms. The van der Waals surface area contributed by atoms with Gasteiger partial charge >= 0.3 is 0 Å². The molecule has 0 aliphatic heterocycles. The van der Waals surface area contributed by atoms with Crippen molar-refractivity contribution in [2.75, 3.05) is 5.32 Å². The van der Waals surface area contributed by atoms with E-state index >= 15 is 0 Å². The number of nitrogens with zero attached hydrogens (tertiary/aromatic N) is 5. The van der Waals surface area contributed by atoms with Gasteiger partial charge in [-0.1, -0.05) is 6.92 Å². The van der Waals surface area contributed by atoms with Crippen LogP contribution in [0.2, 0.25) is 0 Å². The number of furan rings is 1. The van der Waals surface area contributed by atoms with Crippen molar-refractivity contribution in [3.63, 3.8) is 0 Å². The Morgan fingerprint density at radius 2 is 1.97 bits per heavy atom. The summed E-state index contributed by atoms with van der Waals surface area (Å²) in [7, 11) is 0. The zero-order chi connectivity index (χ0) is 23.1. The van der Waals surface area contributed by atoms with Crippen LogP contribution < -0.4 is 5.32 Å². The number of anilines is 1. The normalized spacial score (nSPS) is 11.3. The molecule has 0 aliphatic carbocycles. The van der Waals surface area contributed by atoms with E-state index in [2.05, 4.69) is 35.5 Å². The molecule has 0 atom stereocenters. The van der Waals surface area contributed by atoms with E-state index in [1.807, 2.05) is 24.3 Å². The number of carbonyl (C=O) groups is 1. The van der Waals surface area contributed by atoms with Crippen molar-refractivity contribution in [1.29, 1.82) is 0 Å². The van der Waals surface area contributed by atoms with Gasteiger partial charge in [0.05, 0.1) is 35.3 Å². The highest BCUT2D eigenvalue weighted by Crippen LogP contribution is 2.32. The fourth-order valence-corrected chi connectivity index (χ4v) is 3.82. The van der Waals surface area contributed by atoms with Crippen LogP contribution in [0.25, 0.3) is 56.0 Å². The number of nitrogens with one attached hydrogen (secondary N) is 3. The second kappa shape index (κ2) is 7.93. The molecule has 166 valence electrons. The van der Waals surface area contributed by atoms with E-state index in [-0.39, 0.29) is 5.91 Å². The number of hydrogen-bond acceptors (Lipinski definition) is 7. The maximum atomic E-state index is 11.8. The molecule has 10 heteroatoms. The number of aromatic amines is 2. The lowest BCUT2D eigenvalue weighted by molar-refractivity contribution is -0.115. The van der Waals surface area contributed by atoms with Crippen molar-refractivity contribution in [1.82, 2.24) is 35.1 Å². The van der Waals surface area contributed by atoms with Gasteiger partial charge in [-0.25, -0.2) is 9.97 Å². The van der Waals surface area contributed by atoms with E-state index in [0.29, 0.717) is 29.3 Å². The Morgan fingerprint density at radius 1 is 1.06 bits per heavy atom. The number of amides is 1. The highest BCUT2D eigenvalue weighted by Gasteiger charge is 2.17. The second-order valence-corrected chi connectivity index (χ2v) is 7.71. The molecule has 0 fully saturated rings. The van der Waals surface area contributed by atoms with Crippen LogP contribution in [0.5, 0.6) is 0 Å². The van der Waals surface area contributed by atoms with Gasteiger partial charge in [0, 0.05) is 41.7 Å². The molecule has 0 aromatic carbocycles. The lowest BCUT2D eigenvalue weighted by Crippen LogP contribution is -2.09. The third-order valence-corrected chi connectivity index (χ3v) is 5.51. The van der Waals surface area contributed by atoms with E-state index in [1.54, 1.807) is 44.2 Å². The summed E-state index contributed by atoms with van der Waals surface area (Å²) in [4.78, 5) is 33.1. The Morgan fingerprint density at radius 3 is 2.82 bits per heavy atom. The minimum atomic E-state index is -0.0705. The molecular weight excluding hydrogens is 432 g/mol. The molecule has 34 heavy (non-hydrogen) atoms. The van der Waals surface area contributed by atoms with Gasteiger partial charge in [0.25, 0.3) is 0 Å². The second-order valence-electron chi connectivity index (χ2n) is 7.71. The standard InChI is InChI=1S/C24H18N8O2/c1-2-19(33)28-16-7-14(9-25-11-16)15-8-17-21(31-32-23(17)27-10-15)24-29-18-3-5-26-20(22(18)30-24)13-4-6-34-12-13/h3-12H,2H2,1H3,(H,28,33)(H,29,30)(H,27,31,32). The maximum Gasteiger partial charge on any atom is 0.224 e. The summed E-state index contributed by atoms with van der Waals surface area (Å²) >= 11 is 0. The topological polar surface area (TPSA) is 138 Å². The number of pyridine rings is 3. The largest absolute Gasteiger partial charge is 0.472 e. The molecule has 6 heterocycles. The molecule has 6 aromatic rings. The van der Waals surface area contributed by atoms with Gasteiger partial charge in [0.2, 0.25) is 5.91 Å². The SMILES string of the molecule is CCC(=O)Nc1cncc(-c2cnc3[nH]nc(-c4nc5c(-c6ccoc6)nccc5[nH]4)c3c2)c1. The summed E-state index contributed by atoms with van der Waals surface area (Å²) in [5, 5.41) is 11.1. The van der Waals surface area contributed by atoms with Crippen LogP contribution in [-0.2, 0) is 4.79 Å². The summed E-state index contributed by atoms with van der Waals surface area (Å²) < 4.78 is 5.21. The van der Waals surface area contributed by atoms with Crippen LogP contribution in [-0.4, -0.2) is 41.0 Å². The monoisotopic (exact) mass is 450 g/mol. The van der Waals surface area contributed by atoms with E-state index in [1.165, 1.54) is 0 Å². The summed E-state index contributed by atoms with van der Waals surface area (Å²) in [5.41, 5.74) is 6.71. The van der Waals surface area contributed by atoms with Crippen molar-refractivity contribution in [2.45, 2.75) is 13.3 Å². The quantitative estimate of drug-likeness (QED) is 0.350. The molecule has 0 saturated heterocycles. The van der Waals surface area contributed by atoms with Gasteiger partial charge < -0.3 is 14.7 Å². The van der Waals surface area contributed by atoms with E-state index in [4.69, 9.17) is 9.40 Å². The Hall–Kier alpha value is -4.86. The molecular formula is C24H18N8O2. The first-order chi connectivity index (χ1) is 16.7. The van der Waals surface area contributed by atoms with Crippen LogP contribution in [0.4, 0.5) is 5.69 Å². The van der Waals surface area contributed by atoms with E-state index in [9.17, 15) is 4.79 Å². The third kappa shape index (κ3) is 3.37. The van der Waals surface area contributed by atoms with Crippen LogP contribution >= 0.6 is 0 Å². The highest BCUT2D eigenvalue weighted by molar-refractivity contribution is 5.96. The zero-order valence-electron chi connectivity index (χ0n) is 18.0. The molecule has 0 aliphatic rings. The summed E-state index contributed by atoms with van der Waals surface area (Å²) in [5.74, 6) is 0.527. The molecule has 0 saturated carbocycles. The predicted molar refractivity (Wildman–Crippen MR) is 127 cm³/mol. The number of hydrogen-bond donors (Lipinski definition) is 3. The van der Waals surface area contributed by atoms with Crippen LogP contribution in [0.15, 0.2) is 66.0 Å². The first-order valence-electron chi connectivity index (χ1n) is 10.7. The third-order valence-electron chi connectivity index (χ3n) is 5.51. The lowest BCUT2D eigenvalue weighted by Gasteiger charge is -2.06. The van der Waals surface area contributed by atoms with Crippen molar-refractivity contribution >= 4 is 33.7 Å². The van der Waals surface area contributed by atoms with Crippen LogP contribution in [0.3, 0.4) is 0 Å². The minimum Gasteiger partial charge on any atom is -0.472 e. The van der Waals surface area contributed by atoms with Crippen molar-refractivity contribution in [2.24, 2.45) is 0 Å². The lowest BCUT2D eigenvalue weighted by atomic mass is 10.1. The Kier molecular flexibility index (Phi) is 4.61. The molecule has 1 amide bonds. The molecule has 6 aromatic heterocycles. The van der Waals surface area contributed by atoms with E-state index < -0.39 is 0 Å². The van der Waals surface area contributed by atoms with Gasteiger partial charge in [0.1, 0.15) is 16.9 Å². The average Bonchev–Trinajstić information content (AvgIpc) is 3.62. The van der Waals surface area contributed by atoms with Crippen molar-refractivity contribution in [3.8, 4) is 33.9 Å². The van der Waals surface area contributed by atoms with Crippen LogP contribution in [0.1, 0.15) is 13.3 Å². The summed E-state index contributed by atoms with van der Waals surface area (Å²) in [6.45, 7) is 1.80. The number of carbonyl (C=O) groups excluding carboxylic acids is 1. The fraction of sp³-hybridized carbons (Fsp3) is 0.0833. The first-order valence-corrected chi connectivity index (χ1v) is 10.7. The Labute approximate surface area is 192 Å².